The molecule has 0 saturated carbocycles. The van der Waals surface area contributed by atoms with Crippen molar-refractivity contribution in [3.63, 3.8) is 0 Å². The standard InChI is InChI=1S/C12H12FN3O2/c1-16-7-8(6-15-16)5-14-11-9(12(17)18)3-2-4-10(11)13/h2-4,6-7,14H,5H2,1H3,(H,17,18). The minimum Gasteiger partial charge on any atom is -0.478 e. The van der Waals surface area contributed by atoms with E-state index < -0.39 is 11.8 Å². The molecule has 0 saturated heterocycles. The molecular weight excluding hydrogens is 237 g/mol. The minimum atomic E-state index is -1.16. The third-order valence-corrected chi connectivity index (χ3v) is 2.47. The zero-order valence-corrected chi connectivity index (χ0v) is 9.72. The van der Waals surface area contributed by atoms with Gasteiger partial charge in [0.15, 0.2) is 0 Å². The van der Waals surface area contributed by atoms with Crippen molar-refractivity contribution in [2.24, 2.45) is 7.05 Å². The Hall–Kier alpha value is -2.37. The second kappa shape index (κ2) is 4.87. The Morgan fingerprint density at radius 1 is 1.56 bits per heavy atom. The van der Waals surface area contributed by atoms with Gasteiger partial charge in [-0.1, -0.05) is 6.07 Å². The van der Waals surface area contributed by atoms with Crippen LogP contribution in [0, 0.1) is 5.82 Å². The summed E-state index contributed by atoms with van der Waals surface area (Å²) in [6.07, 6.45) is 3.41. The molecule has 0 fully saturated rings. The van der Waals surface area contributed by atoms with Crippen LogP contribution in [0.4, 0.5) is 10.1 Å². The molecule has 0 bridgehead atoms. The number of nitrogens with zero attached hydrogens (tertiary/aromatic N) is 2. The average Bonchev–Trinajstić information content (AvgIpc) is 2.73. The van der Waals surface area contributed by atoms with E-state index in [2.05, 4.69) is 10.4 Å². The Morgan fingerprint density at radius 2 is 2.33 bits per heavy atom. The smallest absolute Gasteiger partial charge is 0.337 e. The van der Waals surface area contributed by atoms with Gasteiger partial charge >= 0.3 is 5.97 Å². The molecule has 1 aromatic heterocycles. The number of carbonyl (C=O) groups is 1. The number of hydrogen-bond donors (Lipinski definition) is 2. The summed E-state index contributed by atoms with van der Waals surface area (Å²) in [5, 5.41) is 15.7. The van der Waals surface area contributed by atoms with Gasteiger partial charge in [-0.15, -0.1) is 0 Å². The number of hydrogen-bond acceptors (Lipinski definition) is 3. The maximum atomic E-state index is 13.6. The molecule has 2 N–H and O–H groups in total. The molecule has 0 amide bonds. The van der Waals surface area contributed by atoms with Crippen molar-refractivity contribution in [1.29, 1.82) is 0 Å². The number of nitrogens with one attached hydrogen (secondary N) is 1. The van der Waals surface area contributed by atoms with E-state index in [0.29, 0.717) is 6.54 Å². The molecule has 0 aliphatic carbocycles. The molecule has 0 aliphatic rings. The van der Waals surface area contributed by atoms with Crippen molar-refractivity contribution >= 4 is 11.7 Å². The van der Waals surface area contributed by atoms with Crippen molar-refractivity contribution in [3.8, 4) is 0 Å². The third-order valence-electron chi connectivity index (χ3n) is 2.47. The Labute approximate surface area is 103 Å². The maximum absolute atomic E-state index is 13.6. The van der Waals surface area contributed by atoms with Crippen LogP contribution >= 0.6 is 0 Å². The fraction of sp³-hybridized carbons (Fsp3) is 0.167. The predicted molar refractivity (Wildman–Crippen MR) is 63.9 cm³/mol. The highest BCUT2D eigenvalue weighted by atomic mass is 19.1. The maximum Gasteiger partial charge on any atom is 0.337 e. The van der Waals surface area contributed by atoms with Crippen LogP contribution in [0.5, 0.6) is 0 Å². The molecule has 94 valence electrons. The molecule has 18 heavy (non-hydrogen) atoms. The first-order valence-electron chi connectivity index (χ1n) is 5.31. The van der Waals surface area contributed by atoms with Crippen molar-refractivity contribution in [1.82, 2.24) is 9.78 Å². The van der Waals surface area contributed by atoms with E-state index >= 15 is 0 Å². The van der Waals surface area contributed by atoms with Gasteiger partial charge in [-0.25, -0.2) is 9.18 Å². The van der Waals surface area contributed by atoms with Crippen LogP contribution in [0.3, 0.4) is 0 Å². The van der Waals surface area contributed by atoms with Crippen molar-refractivity contribution in [2.45, 2.75) is 6.54 Å². The summed E-state index contributed by atoms with van der Waals surface area (Å²) >= 11 is 0. The number of halogens is 1. The Morgan fingerprint density at radius 3 is 2.94 bits per heavy atom. The van der Waals surface area contributed by atoms with Gasteiger partial charge in [0.05, 0.1) is 17.4 Å². The second-order valence-electron chi connectivity index (χ2n) is 3.84. The topological polar surface area (TPSA) is 67.2 Å². The van der Waals surface area contributed by atoms with Crippen LogP contribution < -0.4 is 5.32 Å². The Bertz CT molecular complexity index is 580. The van der Waals surface area contributed by atoms with E-state index in [1.54, 1.807) is 24.1 Å². The number of rotatable bonds is 4. The van der Waals surface area contributed by atoms with Crippen LogP contribution in [-0.4, -0.2) is 20.9 Å². The number of carboxylic acid groups (broad SMARTS) is 1. The molecular formula is C12H12FN3O2. The Balaban J connectivity index is 2.20. The van der Waals surface area contributed by atoms with Crippen molar-refractivity contribution in [2.75, 3.05) is 5.32 Å². The van der Waals surface area contributed by atoms with Crippen LogP contribution in [0.25, 0.3) is 0 Å². The lowest BCUT2D eigenvalue weighted by molar-refractivity contribution is 0.0697. The zero-order valence-electron chi connectivity index (χ0n) is 9.72. The number of anilines is 1. The summed E-state index contributed by atoms with van der Waals surface area (Å²) in [6.45, 7) is 0.315. The third kappa shape index (κ3) is 2.48. The summed E-state index contributed by atoms with van der Waals surface area (Å²) in [5.41, 5.74) is 0.754. The van der Waals surface area contributed by atoms with E-state index in [1.807, 2.05) is 0 Å². The predicted octanol–water partition coefficient (Wildman–Crippen LogP) is 1.87. The number of benzene rings is 1. The molecule has 2 rings (SSSR count). The lowest BCUT2D eigenvalue weighted by atomic mass is 10.1. The second-order valence-corrected chi connectivity index (χ2v) is 3.84. The zero-order chi connectivity index (χ0) is 13.1. The van der Waals surface area contributed by atoms with Crippen LogP contribution in [0.1, 0.15) is 15.9 Å². The SMILES string of the molecule is Cn1cc(CNc2c(F)cccc2C(=O)O)cn1. The largest absolute Gasteiger partial charge is 0.478 e. The summed E-state index contributed by atoms with van der Waals surface area (Å²) in [5.74, 6) is -1.75. The normalized spacial score (nSPS) is 10.3. The number of para-hydroxylation sites is 1. The van der Waals surface area contributed by atoms with Gasteiger partial charge in [-0.2, -0.15) is 5.10 Å². The number of carboxylic acids is 1. The molecule has 1 heterocycles. The quantitative estimate of drug-likeness (QED) is 0.868. The molecule has 0 radical (unpaired) electrons. The van der Waals surface area contributed by atoms with Gasteiger partial charge in [0.25, 0.3) is 0 Å². The summed E-state index contributed by atoms with van der Waals surface area (Å²) in [4.78, 5) is 11.0. The van der Waals surface area contributed by atoms with Crippen LogP contribution in [0.2, 0.25) is 0 Å². The molecule has 0 atom stereocenters. The minimum absolute atomic E-state index is 0.00569. The molecule has 0 aliphatic heterocycles. The fourth-order valence-electron chi connectivity index (χ4n) is 1.64. The molecule has 0 unspecified atom stereocenters. The number of aryl methyl sites for hydroxylation is 1. The van der Waals surface area contributed by atoms with E-state index in [4.69, 9.17) is 5.11 Å². The molecule has 1 aromatic carbocycles. The summed E-state index contributed by atoms with van der Waals surface area (Å²) < 4.78 is 15.2. The van der Waals surface area contributed by atoms with Gasteiger partial charge in [0.1, 0.15) is 5.82 Å². The highest BCUT2D eigenvalue weighted by Crippen LogP contribution is 2.20. The van der Waals surface area contributed by atoms with E-state index in [1.165, 1.54) is 18.2 Å². The first-order valence-corrected chi connectivity index (χ1v) is 5.31. The summed E-state index contributed by atoms with van der Waals surface area (Å²) in [7, 11) is 1.77. The van der Waals surface area contributed by atoms with Gasteiger partial charge in [0.2, 0.25) is 0 Å². The molecule has 0 spiro atoms. The highest BCUT2D eigenvalue weighted by molar-refractivity contribution is 5.94. The van der Waals surface area contributed by atoms with Crippen molar-refractivity contribution in [3.05, 3.63) is 47.5 Å². The number of aromatic nitrogens is 2. The molecule has 2 aromatic rings. The first-order chi connectivity index (χ1) is 8.58. The van der Waals surface area contributed by atoms with Gasteiger partial charge in [-0.3, -0.25) is 4.68 Å². The monoisotopic (exact) mass is 249 g/mol. The van der Waals surface area contributed by atoms with Crippen LogP contribution in [0.15, 0.2) is 30.6 Å². The van der Waals surface area contributed by atoms with Gasteiger partial charge in [-0.05, 0) is 12.1 Å². The number of aromatic carboxylic acids is 1. The Kier molecular flexibility index (Phi) is 3.27. The van der Waals surface area contributed by atoms with E-state index in [0.717, 1.165) is 5.56 Å². The first kappa shape index (κ1) is 12.1. The van der Waals surface area contributed by atoms with E-state index in [9.17, 15) is 9.18 Å². The molecule has 6 heteroatoms. The average molecular weight is 249 g/mol. The van der Waals surface area contributed by atoms with E-state index in [-0.39, 0.29) is 11.3 Å². The fourth-order valence-corrected chi connectivity index (χ4v) is 1.64. The lowest BCUT2D eigenvalue weighted by Gasteiger charge is -2.09. The lowest BCUT2D eigenvalue weighted by Crippen LogP contribution is -2.08. The summed E-state index contributed by atoms with van der Waals surface area (Å²) in [6, 6.07) is 3.95. The van der Waals surface area contributed by atoms with Crippen molar-refractivity contribution < 1.29 is 14.3 Å². The molecule has 5 nitrogen and oxygen atoms in total. The van der Waals surface area contributed by atoms with Gasteiger partial charge in [0, 0.05) is 25.4 Å². The van der Waals surface area contributed by atoms with Gasteiger partial charge < -0.3 is 10.4 Å². The highest BCUT2D eigenvalue weighted by Gasteiger charge is 2.13. The van der Waals surface area contributed by atoms with Crippen LogP contribution in [-0.2, 0) is 13.6 Å².